The molecule has 44 heavy (non-hydrogen) atoms. The van der Waals surface area contributed by atoms with E-state index in [4.69, 9.17) is 15.2 Å². The predicted molar refractivity (Wildman–Crippen MR) is 164 cm³/mol. The third kappa shape index (κ3) is 8.03. The molecule has 1 heterocycles. The van der Waals surface area contributed by atoms with E-state index in [1.807, 2.05) is 60.7 Å². The van der Waals surface area contributed by atoms with Crippen LogP contribution in [0.1, 0.15) is 83.5 Å². The molecule has 1 aromatic heterocycles. The normalized spacial score (nSPS) is 21.8. The fourth-order valence-electron chi connectivity index (χ4n) is 6.09. The number of carbonyl (C=O) groups is 3. The SMILES string of the molecule is Nc1c(C(=O)O)nn(CC(=O)N[C@H]2CCCC[C@@H]2OCc2ccccc2)c1C(=O)N[C@H]1CCCC[C@@H]1OCc1ccccc1. The van der Waals surface area contributed by atoms with Gasteiger partial charge in [-0.05, 0) is 36.8 Å². The molecule has 5 rings (SSSR count). The number of nitrogens with zero attached hydrogens (tertiary/aromatic N) is 2. The van der Waals surface area contributed by atoms with Crippen LogP contribution in [-0.2, 0) is 34.0 Å². The highest BCUT2D eigenvalue weighted by atomic mass is 16.5. The molecule has 2 aliphatic rings. The standard InChI is InChI=1S/C33H41N5O6/c34-29-30(33(41)42)37-38(19-28(39)35-24-15-7-9-17-26(24)43-20-22-11-3-1-4-12-22)31(29)32(40)36-25-16-8-10-18-27(25)44-21-23-13-5-2-6-14-23/h1-6,11-14,24-27H,7-10,15-21,34H2,(H,35,39)(H,36,40)(H,41,42)/t24-,25-,26-,27-/m0/s1. The van der Waals surface area contributed by atoms with E-state index >= 15 is 0 Å². The van der Waals surface area contributed by atoms with Crippen LogP contribution in [0.3, 0.4) is 0 Å². The monoisotopic (exact) mass is 603 g/mol. The third-order valence-electron chi connectivity index (χ3n) is 8.38. The first-order valence-corrected chi connectivity index (χ1v) is 15.4. The number of carboxylic acid groups (broad SMARTS) is 1. The lowest BCUT2D eigenvalue weighted by Gasteiger charge is -2.32. The van der Waals surface area contributed by atoms with Crippen LogP contribution in [-0.4, -0.2) is 57.0 Å². The average Bonchev–Trinajstić information content (AvgIpc) is 3.36. The topological polar surface area (TPSA) is 158 Å². The Morgan fingerprint density at radius 2 is 1.30 bits per heavy atom. The number of aromatic nitrogens is 2. The summed E-state index contributed by atoms with van der Waals surface area (Å²) in [6.07, 6.45) is 6.54. The first kappa shape index (κ1) is 31.2. The number of hydrogen-bond donors (Lipinski definition) is 4. The summed E-state index contributed by atoms with van der Waals surface area (Å²) in [4.78, 5) is 38.7. The Balaban J connectivity index is 1.25. The van der Waals surface area contributed by atoms with Crippen molar-refractivity contribution in [1.82, 2.24) is 20.4 Å². The van der Waals surface area contributed by atoms with Gasteiger partial charge in [0.1, 0.15) is 6.54 Å². The summed E-state index contributed by atoms with van der Waals surface area (Å²) in [5.74, 6) is -2.36. The Morgan fingerprint density at radius 1 is 0.795 bits per heavy atom. The number of rotatable bonds is 12. The molecule has 11 heteroatoms. The Morgan fingerprint density at radius 3 is 1.82 bits per heavy atom. The number of nitrogens with one attached hydrogen (secondary N) is 2. The lowest BCUT2D eigenvalue weighted by Crippen LogP contribution is -2.48. The van der Waals surface area contributed by atoms with Crippen molar-refractivity contribution in [2.75, 3.05) is 5.73 Å². The van der Waals surface area contributed by atoms with Crippen LogP contribution in [0.4, 0.5) is 5.69 Å². The number of nitrogen functional groups attached to an aromatic ring is 1. The van der Waals surface area contributed by atoms with Gasteiger partial charge in [0.15, 0.2) is 11.4 Å². The van der Waals surface area contributed by atoms with Crippen molar-refractivity contribution >= 4 is 23.5 Å². The molecule has 2 fully saturated rings. The molecule has 0 bridgehead atoms. The largest absolute Gasteiger partial charge is 0.476 e. The second kappa shape index (κ2) is 15.0. The van der Waals surface area contributed by atoms with Gasteiger partial charge in [-0.2, -0.15) is 5.10 Å². The van der Waals surface area contributed by atoms with E-state index in [9.17, 15) is 19.5 Å². The molecule has 0 radical (unpaired) electrons. The molecule has 2 aromatic carbocycles. The van der Waals surface area contributed by atoms with Crippen molar-refractivity contribution in [3.05, 3.63) is 83.2 Å². The van der Waals surface area contributed by atoms with E-state index in [0.29, 0.717) is 19.6 Å². The minimum atomic E-state index is -1.38. The molecule has 2 aliphatic carbocycles. The van der Waals surface area contributed by atoms with Crippen molar-refractivity contribution in [3.8, 4) is 0 Å². The van der Waals surface area contributed by atoms with Crippen molar-refractivity contribution < 1.29 is 29.0 Å². The fraction of sp³-hybridized carbons (Fsp3) is 0.455. The molecule has 3 aromatic rings. The molecular weight excluding hydrogens is 562 g/mol. The predicted octanol–water partition coefficient (Wildman–Crippen LogP) is 4.07. The summed E-state index contributed by atoms with van der Waals surface area (Å²) in [6.45, 7) is 0.496. The van der Waals surface area contributed by atoms with Gasteiger partial charge in [0.2, 0.25) is 5.91 Å². The van der Waals surface area contributed by atoms with Gasteiger partial charge in [-0.1, -0.05) is 86.3 Å². The van der Waals surface area contributed by atoms with Crippen LogP contribution in [0.5, 0.6) is 0 Å². The van der Waals surface area contributed by atoms with E-state index in [-0.39, 0.29) is 42.2 Å². The zero-order valence-electron chi connectivity index (χ0n) is 24.8. The average molecular weight is 604 g/mol. The summed E-state index contributed by atoms with van der Waals surface area (Å²) in [5.41, 5.74) is 7.35. The number of nitrogens with two attached hydrogens (primary N) is 1. The van der Waals surface area contributed by atoms with Gasteiger partial charge >= 0.3 is 5.97 Å². The molecule has 0 saturated heterocycles. The molecule has 0 aliphatic heterocycles. The van der Waals surface area contributed by atoms with Crippen molar-refractivity contribution in [2.45, 2.75) is 95.4 Å². The summed E-state index contributed by atoms with van der Waals surface area (Å²) in [6, 6.07) is 19.2. The van der Waals surface area contributed by atoms with Crippen LogP contribution >= 0.6 is 0 Å². The first-order valence-electron chi connectivity index (χ1n) is 15.4. The lowest BCUT2D eigenvalue weighted by atomic mass is 9.92. The van der Waals surface area contributed by atoms with Crippen LogP contribution < -0.4 is 16.4 Å². The van der Waals surface area contributed by atoms with E-state index in [2.05, 4.69) is 15.7 Å². The third-order valence-corrected chi connectivity index (χ3v) is 8.38. The molecule has 2 amide bonds. The van der Waals surface area contributed by atoms with Gasteiger partial charge in [0.05, 0.1) is 43.2 Å². The van der Waals surface area contributed by atoms with Gasteiger partial charge in [-0.25, -0.2) is 9.48 Å². The summed E-state index contributed by atoms with van der Waals surface area (Å²) in [7, 11) is 0. The zero-order valence-corrected chi connectivity index (χ0v) is 24.8. The number of anilines is 1. The van der Waals surface area contributed by atoms with E-state index in [1.54, 1.807) is 0 Å². The van der Waals surface area contributed by atoms with Crippen LogP contribution in [0, 0.1) is 0 Å². The molecule has 5 N–H and O–H groups in total. The van der Waals surface area contributed by atoms with Crippen LogP contribution in [0.25, 0.3) is 0 Å². The minimum absolute atomic E-state index is 0.148. The molecular formula is C33H41N5O6. The number of benzene rings is 2. The number of carboxylic acids is 1. The molecule has 234 valence electrons. The maximum Gasteiger partial charge on any atom is 0.358 e. The molecule has 0 unspecified atom stereocenters. The smallest absolute Gasteiger partial charge is 0.358 e. The highest BCUT2D eigenvalue weighted by molar-refractivity contribution is 6.03. The maximum atomic E-state index is 13.6. The Kier molecular flexibility index (Phi) is 10.6. The Bertz CT molecular complexity index is 1410. The van der Waals surface area contributed by atoms with Crippen molar-refractivity contribution in [2.24, 2.45) is 0 Å². The number of aromatic carboxylic acids is 1. The van der Waals surface area contributed by atoms with Crippen LogP contribution in [0.2, 0.25) is 0 Å². The quantitative estimate of drug-likeness (QED) is 0.241. The molecule has 11 nitrogen and oxygen atoms in total. The summed E-state index contributed by atoms with van der Waals surface area (Å²) >= 11 is 0. The molecule has 0 spiro atoms. The second-order valence-corrected chi connectivity index (χ2v) is 11.6. The highest BCUT2D eigenvalue weighted by Gasteiger charge is 2.33. The fourth-order valence-corrected chi connectivity index (χ4v) is 6.09. The Hall–Kier alpha value is -4.22. The number of hydrogen-bond acceptors (Lipinski definition) is 7. The van der Waals surface area contributed by atoms with Crippen molar-refractivity contribution in [1.29, 1.82) is 0 Å². The lowest BCUT2D eigenvalue weighted by molar-refractivity contribution is -0.124. The van der Waals surface area contributed by atoms with Gasteiger partial charge in [0, 0.05) is 0 Å². The first-order chi connectivity index (χ1) is 21.4. The zero-order chi connectivity index (χ0) is 30.9. The second-order valence-electron chi connectivity index (χ2n) is 11.6. The van der Waals surface area contributed by atoms with E-state index in [0.717, 1.165) is 60.8 Å². The number of ether oxygens (including phenoxy) is 2. The van der Waals surface area contributed by atoms with Gasteiger partial charge in [-0.15, -0.1) is 0 Å². The molecule has 4 atom stereocenters. The summed E-state index contributed by atoms with van der Waals surface area (Å²) < 4.78 is 13.5. The van der Waals surface area contributed by atoms with E-state index in [1.165, 1.54) is 0 Å². The van der Waals surface area contributed by atoms with E-state index < -0.39 is 23.5 Å². The Labute approximate surface area is 257 Å². The molecule has 2 saturated carbocycles. The maximum absolute atomic E-state index is 13.6. The van der Waals surface area contributed by atoms with Crippen LogP contribution in [0.15, 0.2) is 60.7 Å². The number of carbonyl (C=O) groups excluding carboxylic acids is 2. The number of amides is 2. The van der Waals surface area contributed by atoms with Gasteiger partial charge < -0.3 is 30.9 Å². The van der Waals surface area contributed by atoms with Crippen molar-refractivity contribution in [3.63, 3.8) is 0 Å². The minimum Gasteiger partial charge on any atom is -0.476 e. The van der Waals surface area contributed by atoms with Gasteiger partial charge in [0.25, 0.3) is 5.91 Å². The van der Waals surface area contributed by atoms with Gasteiger partial charge in [-0.3, -0.25) is 9.59 Å². The highest BCUT2D eigenvalue weighted by Crippen LogP contribution is 2.25. The summed E-state index contributed by atoms with van der Waals surface area (Å²) in [5, 5.41) is 19.8.